The molecular weight excluding hydrogens is 316 g/mol. The summed E-state index contributed by atoms with van der Waals surface area (Å²) in [5.74, 6) is 0.466. The molecule has 1 aliphatic heterocycles. The fourth-order valence-electron chi connectivity index (χ4n) is 3.40. The number of Topliss-reactive ketones (excluding diaryl/α,β-unsaturated/α-hetero) is 1. The lowest BCUT2D eigenvalue weighted by molar-refractivity contribution is -0.420. The number of nitrogens with zero attached hydrogens (tertiary/aromatic N) is 2. The van der Waals surface area contributed by atoms with Crippen molar-refractivity contribution in [3.63, 3.8) is 0 Å². The predicted octanol–water partition coefficient (Wildman–Crippen LogP) is 3.64. The summed E-state index contributed by atoms with van der Waals surface area (Å²) in [7, 11) is 0. The fourth-order valence-corrected chi connectivity index (χ4v) is 3.40. The van der Waals surface area contributed by atoms with Gasteiger partial charge in [0.1, 0.15) is 0 Å². The van der Waals surface area contributed by atoms with Gasteiger partial charge in [-0.1, -0.05) is 36.4 Å². The van der Waals surface area contributed by atoms with Crippen molar-refractivity contribution in [2.24, 2.45) is 5.92 Å². The molecule has 1 fully saturated rings. The highest BCUT2D eigenvalue weighted by Crippen LogP contribution is 2.22. The molecule has 1 aromatic rings. The Hall–Kier alpha value is -2.27. The summed E-state index contributed by atoms with van der Waals surface area (Å²) in [6, 6.07) is 10.5. The second kappa shape index (κ2) is 9.28. The lowest BCUT2D eigenvalue weighted by Crippen LogP contribution is -2.38. The van der Waals surface area contributed by atoms with E-state index in [9.17, 15) is 14.9 Å². The normalized spacial score (nSPS) is 17.5. The minimum Gasteiger partial charge on any atom is -0.296 e. The topological polar surface area (TPSA) is 63.5 Å². The lowest BCUT2D eigenvalue weighted by Gasteiger charge is -2.31. The van der Waals surface area contributed by atoms with Gasteiger partial charge in [-0.3, -0.25) is 19.8 Å². The van der Waals surface area contributed by atoms with Gasteiger partial charge >= 0.3 is 0 Å². The Morgan fingerprint density at radius 3 is 2.36 bits per heavy atom. The molecule has 0 saturated carbocycles. The van der Waals surface area contributed by atoms with Crippen LogP contribution in [0.4, 0.5) is 0 Å². The van der Waals surface area contributed by atoms with Crippen molar-refractivity contribution in [1.82, 2.24) is 4.90 Å². The van der Waals surface area contributed by atoms with Crippen LogP contribution < -0.4 is 0 Å². The average Bonchev–Trinajstić information content (AvgIpc) is 2.61. The van der Waals surface area contributed by atoms with Gasteiger partial charge in [0.25, 0.3) is 5.70 Å². The van der Waals surface area contributed by atoms with Crippen LogP contribution in [-0.4, -0.2) is 35.2 Å². The highest BCUT2D eigenvalue weighted by molar-refractivity contribution is 6.00. The van der Waals surface area contributed by atoms with E-state index in [-0.39, 0.29) is 23.6 Å². The number of carbonyl (C=O) groups excluding carboxylic acids is 1. The molecule has 1 aromatic carbocycles. The number of allylic oxidation sites excluding steroid dienone is 3. The number of likely N-dealkylation sites (tertiary alicyclic amines) is 1. The second-order valence-electron chi connectivity index (χ2n) is 6.47. The quantitative estimate of drug-likeness (QED) is 0.328. The predicted molar refractivity (Wildman–Crippen MR) is 98.8 cm³/mol. The monoisotopic (exact) mass is 342 g/mol. The van der Waals surface area contributed by atoms with Crippen molar-refractivity contribution in [1.29, 1.82) is 0 Å². The number of hydrogen-bond donors (Lipinski definition) is 0. The first kappa shape index (κ1) is 19.1. The standard InChI is InChI=1S/C20H26N2O3/c1-3-18(19(4-2)22(24)25)20(23)15-21-12-10-17(11-13-21)14-16-8-6-5-7-9-16/h3-9,17H,10-15H2,1-2H3/b18-3+,19-4+. The first-order chi connectivity index (χ1) is 12.0. The third kappa shape index (κ3) is 5.36. The van der Waals surface area contributed by atoms with Crippen molar-refractivity contribution in [3.8, 4) is 0 Å². The van der Waals surface area contributed by atoms with E-state index in [0.29, 0.717) is 5.92 Å². The zero-order valence-electron chi connectivity index (χ0n) is 15.0. The molecule has 5 heteroatoms. The van der Waals surface area contributed by atoms with Gasteiger partial charge in [0.15, 0.2) is 5.78 Å². The summed E-state index contributed by atoms with van der Waals surface area (Å²) >= 11 is 0. The zero-order chi connectivity index (χ0) is 18.2. The van der Waals surface area contributed by atoms with E-state index in [1.165, 1.54) is 11.6 Å². The van der Waals surface area contributed by atoms with Crippen LogP contribution in [0.1, 0.15) is 32.3 Å². The summed E-state index contributed by atoms with van der Waals surface area (Å²) in [5, 5.41) is 11.1. The Morgan fingerprint density at radius 1 is 1.20 bits per heavy atom. The van der Waals surface area contributed by atoms with Gasteiger partial charge in [-0.2, -0.15) is 0 Å². The van der Waals surface area contributed by atoms with Crippen LogP contribution in [0.5, 0.6) is 0 Å². The van der Waals surface area contributed by atoms with Crippen LogP contribution in [0.3, 0.4) is 0 Å². The molecule has 0 bridgehead atoms. The molecule has 0 spiro atoms. The molecule has 1 saturated heterocycles. The van der Waals surface area contributed by atoms with E-state index in [0.717, 1.165) is 32.4 Å². The van der Waals surface area contributed by atoms with Gasteiger partial charge in [0.05, 0.1) is 17.0 Å². The number of rotatable bonds is 7. The second-order valence-corrected chi connectivity index (χ2v) is 6.47. The van der Waals surface area contributed by atoms with Crippen LogP contribution >= 0.6 is 0 Å². The first-order valence-corrected chi connectivity index (χ1v) is 8.82. The molecule has 0 unspecified atom stereocenters. The minimum absolute atomic E-state index is 0.105. The smallest absolute Gasteiger partial charge is 0.275 e. The van der Waals surface area contributed by atoms with Gasteiger partial charge in [0.2, 0.25) is 0 Å². The van der Waals surface area contributed by atoms with E-state index in [2.05, 4.69) is 29.2 Å². The van der Waals surface area contributed by atoms with Crippen LogP contribution in [0.15, 0.2) is 53.8 Å². The maximum atomic E-state index is 12.5. The average molecular weight is 342 g/mol. The summed E-state index contributed by atoms with van der Waals surface area (Å²) in [6.07, 6.45) is 6.12. The summed E-state index contributed by atoms with van der Waals surface area (Å²) < 4.78 is 0. The largest absolute Gasteiger partial charge is 0.296 e. The molecule has 25 heavy (non-hydrogen) atoms. The van der Waals surface area contributed by atoms with E-state index < -0.39 is 4.92 Å². The van der Waals surface area contributed by atoms with Crippen molar-refractivity contribution in [3.05, 3.63) is 69.4 Å². The van der Waals surface area contributed by atoms with Crippen LogP contribution in [0, 0.1) is 16.0 Å². The van der Waals surface area contributed by atoms with E-state index >= 15 is 0 Å². The van der Waals surface area contributed by atoms with Crippen molar-refractivity contribution in [2.75, 3.05) is 19.6 Å². The number of benzene rings is 1. The summed E-state index contributed by atoms with van der Waals surface area (Å²) in [5.41, 5.74) is 1.46. The van der Waals surface area contributed by atoms with Crippen molar-refractivity contribution < 1.29 is 9.72 Å². The molecule has 0 radical (unpaired) electrons. The third-order valence-electron chi connectivity index (χ3n) is 4.78. The molecule has 0 amide bonds. The molecule has 0 atom stereocenters. The van der Waals surface area contributed by atoms with Gasteiger partial charge in [-0.15, -0.1) is 0 Å². The molecule has 5 nitrogen and oxygen atoms in total. The van der Waals surface area contributed by atoms with Gasteiger partial charge in [-0.05, 0) is 63.8 Å². The number of carbonyl (C=O) groups is 1. The molecule has 1 aliphatic rings. The zero-order valence-corrected chi connectivity index (χ0v) is 15.0. The Labute approximate surface area is 149 Å². The fraction of sp³-hybridized carbons (Fsp3) is 0.450. The Kier molecular flexibility index (Phi) is 7.07. The molecule has 0 N–H and O–H groups in total. The summed E-state index contributed by atoms with van der Waals surface area (Å²) in [4.78, 5) is 25.2. The van der Waals surface area contributed by atoms with Gasteiger partial charge in [0, 0.05) is 0 Å². The minimum atomic E-state index is -0.487. The van der Waals surface area contributed by atoms with Crippen LogP contribution in [-0.2, 0) is 11.2 Å². The maximum absolute atomic E-state index is 12.5. The molecular formula is C20H26N2O3. The first-order valence-electron chi connectivity index (χ1n) is 8.82. The van der Waals surface area contributed by atoms with Gasteiger partial charge in [-0.25, -0.2) is 0 Å². The molecule has 134 valence electrons. The van der Waals surface area contributed by atoms with Crippen molar-refractivity contribution >= 4 is 5.78 Å². The van der Waals surface area contributed by atoms with E-state index in [1.54, 1.807) is 19.9 Å². The van der Waals surface area contributed by atoms with Crippen molar-refractivity contribution in [2.45, 2.75) is 33.1 Å². The maximum Gasteiger partial charge on any atom is 0.275 e. The SMILES string of the molecule is C/C=C(C(=O)CN1CCC(Cc2ccccc2)CC1)\C(=C/C)[N+](=O)[O-]. The van der Waals surface area contributed by atoms with E-state index in [4.69, 9.17) is 0 Å². The molecule has 1 heterocycles. The Morgan fingerprint density at radius 2 is 1.84 bits per heavy atom. The number of hydrogen-bond acceptors (Lipinski definition) is 4. The number of nitro groups is 1. The lowest BCUT2D eigenvalue weighted by atomic mass is 9.90. The molecule has 0 aliphatic carbocycles. The van der Waals surface area contributed by atoms with E-state index in [1.807, 2.05) is 6.07 Å². The number of ketones is 1. The third-order valence-corrected chi connectivity index (χ3v) is 4.78. The molecule has 0 aromatic heterocycles. The Balaban J connectivity index is 1.87. The number of piperidine rings is 1. The summed E-state index contributed by atoms with van der Waals surface area (Å²) in [6.45, 7) is 5.24. The van der Waals surface area contributed by atoms with Crippen LogP contribution in [0.2, 0.25) is 0 Å². The molecule has 2 rings (SSSR count). The van der Waals surface area contributed by atoms with Gasteiger partial charge < -0.3 is 0 Å². The highest BCUT2D eigenvalue weighted by Gasteiger charge is 2.26. The Bertz CT molecular complexity index is 657. The van der Waals surface area contributed by atoms with Crippen LogP contribution in [0.25, 0.3) is 0 Å². The highest BCUT2D eigenvalue weighted by atomic mass is 16.6.